The highest BCUT2D eigenvalue weighted by molar-refractivity contribution is 6.16. The second-order valence-electron chi connectivity index (χ2n) is 7.13. The molecule has 3 heterocycles. The number of aryl methyl sites for hydroxylation is 2. The molecule has 0 spiro atoms. The first-order valence-corrected chi connectivity index (χ1v) is 9.16. The van der Waals surface area contributed by atoms with Crippen molar-refractivity contribution in [2.24, 2.45) is 0 Å². The van der Waals surface area contributed by atoms with E-state index in [1.165, 1.54) is 11.2 Å². The van der Waals surface area contributed by atoms with Gasteiger partial charge in [-0.05, 0) is 35.7 Å². The Labute approximate surface area is 167 Å². The van der Waals surface area contributed by atoms with Gasteiger partial charge in [-0.25, -0.2) is 0 Å². The summed E-state index contributed by atoms with van der Waals surface area (Å²) in [6.45, 7) is 1.21. The minimum Gasteiger partial charge on any atom is -1.00 e. The van der Waals surface area contributed by atoms with Crippen LogP contribution >= 0.6 is 0 Å². The molecule has 142 valence electrons. The summed E-state index contributed by atoms with van der Waals surface area (Å²) in [4.78, 5) is 0. The molecule has 0 bridgehead atoms. The molecule has 2 aliphatic heterocycles. The number of rotatable bonds is 1. The first-order valence-electron chi connectivity index (χ1n) is 9.16. The van der Waals surface area contributed by atoms with E-state index in [-0.39, 0.29) is 24.9 Å². The predicted octanol–water partition coefficient (Wildman–Crippen LogP) is 0.827. The van der Waals surface area contributed by atoms with Crippen LogP contribution in [0.25, 0.3) is 32.4 Å². The van der Waals surface area contributed by atoms with Crippen LogP contribution in [0.5, 0.6) is 23.0 Å². The third kappa shape index (κ3) is 2.11. The van der Waals surface area contributed by atoms with Gasteiger partial charge in [0.15, 0.2) is 28.7 Å². The van der Waals surface area contributed by atoms with E-state index in [9.17, 15) is 5.11 Å². The fraction of sp³-hybridized carbons (Fsp3) is 0.227. The lowest BCUT2D eigenvalue weighted by molar-refractivity contribution is -0.662. The molecule has 5 nitrogen and oxygen atoms in total. The molecule has 0 amide bonds. The zero-order valence-corrected chi connectivity index (χ0v) is 16.0. The fourth-order valence-corrected chi connectivity index (χ4v) is 4.64. The number of phenolic OH excluding ortho intramolecular Hbond substituents is 1. The average Bonchev–Trinajstić information content (AvgIpc) is 3.34. The lowest BCUT2D eigenvalue weighted by atomic mass is 9.98. The molecule has 1 N–H and O–H groups in total. The second kappa shape index (κ2) is 6.04. The molecule has 4 aromatic rings. The van der Waals surface area contributed by atoms with Gasteiger partial charge in [-0.3, -0.25) is 0 Å². The molecule has 0 radical (unpaired) electrons. The van der Waals surface area contributed by atoms with Crippen LogP contribution in [-0.2, 0) is 13.0 Å². The van der Waals surface area contributed by atoms with Crippen molar-refractivity contribution in [1.82, 2.24) is 0 Å². The van der Waals surface area contributed by atoms with Crippen molar-refractivity contribution in [3.8, 4) is 23.0 Å². The lowest BCUT2D eigenvalue weighted by Crippen LogP contribution is -3.00. The predicted molar refractivity (Wildman–Crippen MR) is 102 cm³/mol. The number of hydrogen-bond donors (Lipinski definition) is 1. The summed E-state index contributed by atoms with van der Waals surface area (Å²) in [6.07, 6.45) is 2.00. The van der Waals surface area contributed by atoms with Gasteiger partial charge < -0.3 is 31.7 Å². The number of nitrogens with zero attached hydrogens (tertiary/aromatic N) is 1. The minimum atomic E-state index is 0. The number of hydrogen-bond acceptors (Lipinski definition) is 4. The molecule has 2 aliphatic rings. The molecule has 0 fully saturated rings. The van der Waals surface area contributed by atoms with Crippen LogP contribution in [0.1, 0.15) is 12.1 Å². The highest BCUT2D eigenvalue weighted by Gasteiger charge is 2.31. The number of aromatic hydroxyl groups is 1. The Morgan fingerprint density at radius 1 is 1.00 bits per heavy atom. The Morgan fingerprint density at radius 2 is 1.79 bits per heavy atom. The number of benzene rings is 3. The molecular formula is C22H18ClNO4. The van der Waals surface area contributed by atoms with E-state index in [0.717, 1.165) is 57.8 Å². The summed E-state index contributed by atoms with van der Waals surface area (Å²) >= 11 is 0. The summed E-state index contributed by atoms with van der Waals surface area (Å²) in [7, 11) is 1.59. The quantitative estimate of drug-likeness (QED) is 0.383. The third-order valence-corrected chi connectivity index (χ3v) is 5.82. The van der Waals surface area contributed by atoms with Crippen molar-refractivity contribution >= 4 is 32.4 Å². The number of phenols is 1. The molecule has 0 saturated carbocycles. The Morgan fingerprint density at radius 3 is 2.61 bits per heavy atom. The van der Waals surface area contributed by atoms with Gasteiger partial charge in [-0.2, -0.15) is 4.57 Å². The largest absolute Gasteiger partial charge is 1.00 e. The molecule has 0 saturated heterocycles. The van der Waals surface area contributed by atoms with Crippen molar-refractivity contribution in [3.63, 3.8) is 0 Å². The molecule has 0 unspecified atom stereocenters. The number of aromatic nitrogens is 1. The summed E-state index contributed by atoms with van der Waals surface area (Å²) in [5.41, 5.74) is 2.36. The monoisotopic (exact) mass is 395 g/mol. The summed E-state index contributed by atoms with van der Waals surface area (Å²) in [5.74, 6) is 2.33. The van der Waals surface area contributed by atoms with Crippen molar-refractivity contribution in [3.05, 3.63) is 42.1 Å². The van der Waals surface area contributed by atoms with E-state index in [2.05, 4.69) is 28.8 Å². The van der Waals surface area contributed by atoms with E-state index in [1.54, 1.807) is 7.11 Å². The van der Waals surface area contributed by atoms with Gasteiger partial charge in [0.1, 0.15) is 6.54 Å². The lowest BCUT2D eigenvalue weighted by Gasteiger charge is -2.12. The average molecular weight is 396 g/mol. The molecule has 0 atom stereocenters. The van der Waals surface area contributed by atoms with Crippen LogP contribution in [0.4, 0.5) is 0 Å². The standard InChI is InChI=1S/C22H17NO4.ClH/c1-25-17-7-6-13-14-5-4-12-9-18-19(27-11-26-18)10-15(12)21(14)23-8-2-3-16(23)20(13)22(17)24;/h4-7,9-10H,2-3,8,11H2,1H3;1H. The summed E-state index contributed by atoms with van der Waals surface area (Å²) in [6, 6.07) is 12.3. The molecule has 3 aromatic carbocycles. The zero-order valence-electron chi connectivity index (χ0n) is 15.3. The third-order valence-electron chi connectivity index (χ3n) is 5.82. The number of halogens is 1. The number of methoxy groups -OCH3 is 1. The summed E-state index contributed by atoms with van der Waals surface area (Å²) < 4.78 is 18.9. The number of pyridine rings is 1. The van der Waals surface area contributed by atoms with E-state index >= 15 is 0 Å². The van der Waals surface area contributed by atoms with Gasteiger partial charge in [0, 0.05) is 18.2 Å². The SMILES string of the molecule is COc1ccc2c(c1O)c1[n+](c3c4cc5c(cc4ccc23)OCO5)CCC1.[Cl-]. The van der Waals surface area contributed by atoms with E-state index < -0.39 is 0 Å². The minimum absolute atomic E-state index is 0. The summed E-state index contributed by atoms with van der Waals surface area (Å²) in [5, 5.41) is 16.2. The van der Waals surface area contributed by atoms with E-state index in [1.807, 2.05) is 12.1 Å². The van der Waals surface area contributed by atoms with Gasteiger partial charge in [0.2, 0.25) is 12.3 Å². The van der Waals surface area contributed by atoms with Crippen LogP contribution in [0.15, 0.2) is 36.4 Å². The van der Waals surface area contributed by atoms with Crippen molar-refractivity contribution < 1.29 is 36.3 Å². The Balaban J connectivity index is 0.00000171. The maximum Gasteiger partial charge on any atom is 0.231 e. The van der Waals surface area contributed by atoms with Gasteiger partial charge in [-0.15, -0.1) is 0 Å². The molecule has 28 heavy (non-hydrogen) atoms. The maximum absolute atomic E-state index is 10.8. The van der Waals surface area contributed by atoms with Crippen LogP contribution in [0.2, 0.25) is 0 Å². The van der Waals surface area contributed by atoms with Crippen LogP contribution in [0, 0.1) is 0 Å². The van der Waals surface area contributed by atoms with Gasteiger partial charge in [0.05, 0.1) is 23.3 Å². The first-order chi connectivity index (χ1) is 13.3. The van der Waals surface area contributed by atoms with E-state index in [4.69, 9.17) is 14.2 Å². The fourth-order valence-electron chi connectivity index (χ4n) is 4.64. The highest BCUT2D eigenvalue weighted by Crippen LogP contribution is 2.43. The Bertz CT molecular complexity index is 1280. The second-order valence-corrected chi connectivity index (χ2v) is 7.13. The van der Waals surface area contributed by atoms with E-state index in [0.29, 0.717) is 5.75 Å². The molecule has 6 rings (SSSR count). The molecule has 6 heteroatoms. The van der Waals surface area contributed by atoms with Crippen LogP contribution in [0.3, 0.4) is 0 Å². The topological polar surface area (TPSA) is 51.8 Å². The van der Waals surface area contributed by atoms with Crippen LogP contribution in [-0.4, -0.2) is 19.0 Å². The Hall–Kier alpha value is -2.92. The molecule has 1 aromatic heterocycles. The highest BCUT2D eigenvalue weighted by atomic mass is 35.5. The van der Waals surface area contributed by atoms with Crippen molar-refractivity contribution in [2.75, 3.05) is 13.9 Å². The zero-order chi connectivity index (χ0) is 18.1. The maximum atomic E-state index is 10.8. The first kappa shape index (κ1) is 17.2. The normalized spacial score (nSPS) is 14.5. The van der Waals surface area contributed by atoms with Gasteiger partial charge >= 0.3 is 0 Å². The van der Waals surface area contributed by atoms with Crippen molar-refractivity contribution in [2.45, 2.75) is 19.4 Å². The molecular weight excluding hydrogens is 378 g/mol. The Kier molecular flexibility index (Phi) is 3.71. The van der Waals surface area contributed by atoms with Gasteiger partial charge in [-0.1, -0.05) is 6.07 Å². The molecule has 0 aliphatic carbocycles. The number of fused-ring (bicyclic) bond motifs is 9. The van der Waals surface area contributed by atoms with Gasteiger partial charge in [0.25, 0.3) is 0 Å². The smallest absolute Gasteiger partial charge is 0.231 e. The van der Waals surface area contributed by atoms with Crippen molar-refractivity contribution in [1.29, 1.82) is 0 Å². The number of ether oxygens (including phenoxy) is 3. The van der Waals surface area contributed by atoms with Crippen LogP contribution < -0.4 is 31.2 Å².